The maximum absolute atomic E-state index is 13.0. The number of pyridine rings is 1. The second-order valence-electron chi connectivity index (χ2n) is 6.58. The zero-order valence-corrected chi connectivity index (χ0v) is 14.5. The van der Waals surface area contributed by atoms with Crippen molar-refractivity contribution in [2.75, 3.05) is 0 Å². The molecule has 5 heteroatoms. The van der Waals surface area contributed by atoms with E-state index < -0.39 is 0 Å². The molecule has 4 rings (SSSR count). The predicted molar refractivity (Wildman–Crippen MR) is 101 cm³/mol. The lowest BCUT2D eigenvalue weighted by atomic mass is 9.90. The molecule has 0 saturated carbocycles. The van der Waals surface area contributed by atoms with Crippen LogP contribution in [-0.2, 0) is 6.54 Å². The van der Waals surface area contributed by atoms with E-state index in [2.05, 4.69) is 26.6 Å². The lowest BCUT2D eigenvalue weighted by molar-refractivity contribution is 0.475. The molecule has 1 atom stereocenters. The van der Waals surface area contributed by atoms with Gasteiger partial charge < -0.3 is 5.32 Å². The van der Waals surface area contributed by atoms with Crippen molar-refractivity contribution in [2.24, 2.45) is 0 Å². The van der Waals surface area contributed by atoms with Crippen molar-refractivity contribution in [3.63, 3.8) is 0 Å². The van der Waals surface area contributed by atoms with E-state index >= 15 is 0 Å². The van der Waals surface area contributed by atoms with Crippen LogP contribution in [0.5, 0.6) is 0 Å². The number of nitrogens with one attached hydrogen (secondary N) is 2. The summed E-state index contributed by atoms with van der Waals surface area (Å²) in [7, 11) is 0. The third-order valence-electron chi connectivity index (χ3n) is 4.77. The summed E-state index contributed by atoms with van der Waals surface area (Å²) < 4.78 is 13.0. The number of H-pyrrole nitrogens is 1. The third kappa shape index (κ3) is 3.89. The van der Waals surface area contributed by atoms with Gasteiger partial charge in [0, 0.05) is 24.5 Å². The van der Waals surface area contributed by atoms with E-state index in [0.717, 1.165) is 48.5 Å². The van der Waals surface area contributed by atoms with Gasteiger partial charge in [0.25, 0.3) is 0 Å². The van der Waals surface area contributed by atoms with Crippen LogP contribution in [-0.4, -0.2) is 21.2 Å². The molecule has 0 amide bonds. The molecular formula is C21H21FN4. The zero-order chi connectivity index (χ0) is 17.8. The molecule has 132 valence electrons. The molecule has 0 fully saturated rings. The molecule has 0 aliphatic heterocycles. The van der Waals surface area contributed by atoms with Crippen LogP contribution in [0.4, 0.5) is 4.39 Å². The van der Waals surface area contributed by atoms with E-state index in [1.807, 2.05) is 36.4 Å². The highest BCUT2D eigenvalue weighted by molar-refractivity contribution is 5.66. The lowest BCUT2D eigenvalue weighted by Gasteiger charge is -2.23. The van der Waals surface area contributed by atoms with Gasteiger partial charge in [-0.05, 0) is 60.7 Å². The summed E-state index contributed by atoms with van der Waals surface area (Å²) in [6.07, 6.45) is 7.10. The molecule has 0 spiro atoms. The SMILES string of the molecule is Fc1ccc(C2=CCC(NCc3cc(-c4ccccn4)n[nH]3)CC2)cc1. The van der Waals surface area contributed by atoms with Crippen molar-refractivity contribution in [2.45, 2.75) is 31.8 Å². The average Bonchev–Trinajstić information content (AvgIpc) is 3.17. The number of aromatic amines is 1. The molecule has 1 aromatic carbocycles. The lowest BCUT2D eigenvalue weighted by Crippen LogP contribution is -2.29. The standard InChI is InChI=1S/C21H21FN4/c22-17-8-4-15(5-9-17)16-6-10-18(11-7-16)24-14-19-13-21(26-25-19)20-3-1-2-12-23-20/h1-6,8-9,12-13,18,24H,7,10-11,14H2,(H,25,26). The van der Waals surface area contributed by atoms with Crippen LogP contribution in [0.3, 0.4) is 0 Å². The Balaban J connectivity index is 1.32. The van der Waals surface area contributed by atoms with Crippen LogP contribution < -0.4 is 5.32 Å². The molecule has 4 nitrogen and oxygen atoms in total. The first-order valence-electron chi connectivity index (χ1n) is 8.92. The largest absolute Gasteiger partial charge is 0.308 e. The zero-order valence-electron chi connectivity index (χ0n) is 14.5. The molecule has 2 heterocycles. The van der Waals surface area contributed by atoms with Crippen molar-refractivity contribution in [1.82, 2.24) is 20.5 Å². The van der Waals surface area contributed by atoms with E-state index in [-0.39, 0.29) is 5.82 Å². The van der Waals surface area contributed by atoms with Crippen molar-refractivity contribution < 1.29 is 4.39 Å². The summed E-state index contributed by atoms with van der Waals surface area (Å²) in [6.45, 7) is 0.754. The average molecular weight is 348 g/mol. The van der Waals surface area contributed by atoms with Crippen LogP contribution in [0.2, 0.25) is 0 Å². The van der Waals surface area contributed by atoms with Gasteiger partial charge in [-0.1, -0.05) is 24.3 Å². The predicted octanol–water partition coefficient (Wildman–Crippen LogP) is 4.34. The summed E-state index contributed by atoms with van der Waals surface area (Å²) in [4.78, 5) is 4.32. The smallest absolute Gasteiger partial charge is 0.123 e. The molecule has 3 aromatic rings. The Morgan fingerprint density at radius 2 is 2.00 bits per heavy atom. The van der Waals surface area contributed by atoms with E-state index in [1.165, 1.54) is 17.7 Å². The monoisotopic (exact) mass is 348 g/mol. The molecule has 2 N–H and O–H groups in total. The van der Waals surface area contributed by atoms with E-state index in [0.29, 0.717) is 6.04 Å². The summed E-state index contributed by atoms with van der Waals surface area (Å²) in [6, 6.07) is 15.1. The Kier molecular flexibility index (Phi) is 4.88. The minimum atomic E-state index is -0.186. The van der Waals surface area contributed by atoms with Crippen molar-refractivity contribution in [3.8, 4) is 11.4 Å². The van der Waals surface area contributed by atoms with Crippen LogP contribution in [0.15, 0.2) is 60.8 Å². The van der Waals surface area contributed by atoms with Gasteiger partial charge in [-0.25, -0.2) is 4.39 Å². The van der Waals surface area contributed by atoms with Crippen molar-refractivity contribution in [1.29, 1.82) is 0 Å². The van der Waals surface area contributed by atoms with Gasteiger partial charge >= 0.3 is 0 Å². The molecule has 26 heavy (non-hydrogen) atoms. The fraction of sp³-hybridized carbons (Fsp3) is 0.238. The highest BCUT2D eigenvalue weighted by Gasteiger charge is 2.15. The number of halogens is 1. The first kappa shape index (κ1) is 16.7. The quantitative estimate of drug-likeness (QED) is 0.721. The Labute approximate surface area is 152 Å². The Morgan fingerprint density at radius 1 is 1.12 bits per heavy atom. The minimum absolute atomic E-state index is 0.186. The highest BCUT2D eigenvalue weighted by Crippen LogP contribution is 2.27. The van der Waals surface area contributed by atoms with Gasteiger partial charge in [0.2, 0.25) is 0 Å². The normalized spacial score (nSPS) is 17.1. The topological polar surface area (TPSA) is 53.6 Å². The number of nitrogens with zero attached hydrogens (tertiary/aromatic N) is 2. The van der Waals surface area contributed by atoms with E-state index in [1.54, 1.807) is 6.20 Å². The number of allylic oxidation sites excluding steroid dienone is 1. The fourth-order valence-electron chi connectivity index (χ4n) is 3.30. The maximum Gasteiger partial charge on any atom is 0.123 e. The van der Waals surface area contributed by atoms with Crippen LogP contribution in [0.1, 0.15) is 30.5 Å². The highest BCUT2D eigenvalue weighted by atomic mass is 19.1. The van der Waals surface area contributed by atoms with Gasteiger partial charge in [0.1, 0.15) is 11.5 Å². The second-order valence-corrected chi connectivity index (χ2v) is 6.58. The van der Waals surface area contributed by atoms with Gasteiger partial charge in [0.05, 0.1) is 5.69 Å². The van der Waals surface area contributed by atoms with Crippen molar-refractivity contribution in [3.05, 3.63) is 77.9 Å². The van der Waals surface area contributed by atoms with Crippen molar-refractivity contribution >= 4 is 5.57 Å². The van der Waals surface area contributed by atoms with Gasteiger partial charge in [0.15, 0.2) is 0 Å². The number of benzene rings is 1. The Hall–Kier alpha value is -2.79. The van der Waals surface area contributed by atoms with Gasteiger partial charge in [-0.15, -0.1) is 0 Å². The summed E-state index contributed by atoms with van der Waals surface area (Å²) in [5.74, 6) is -0.186. The van der Waals surface area contributed by atoms with Crippen LogP contribution in [0, 0.1) is 5.82 Å². The summed E-state index contributed by atoms with van der Waals surface area (Å²) in [5, 5.41) is 11.0. The molecule has 1 aliphatic carbocycles. The maximum atomic E-state index is 13.0. The second kappa shape index (κ2) is 7.62. The Bertz CT molecular complexity index is 884. The molecule has 0 saturated heterocycles. The number of aromatic nitrogens is 3. The summed E-state index contributed by atoms with van der Waals surface area (Å²) >= 11 is 0. The first-order valence-corrected chi connectivity index (χ1v) is 8.92. The minimum Gasteiger partial charge on any atom is -0.308 e. The molecular weight excluding hydrogens is 327 g/mol. The summed E-state index contributed by atoms with van der Waals surface area (Å²) in [5.41, 5.74) is 5.23. The molecule has 1 unspecified atom stereocenters. The molecule has 1 aliphatic rings. The number of hydrogen-bond donors (Lipinski definition) is 2. The number of rotatable bonds is 5. The van der Waals surface area contributed by atoms with E-state index in [4.69, 9.17) is 0 Å². The third-order valence-corrected chi connectivity index (χ3v) is 4.77. The number of hydrogen-bond acceptors (Lipinski definition) is 3. The van der Waals surface area contributed by atoms with Gasteiger partial charge in [-0.2, -0.15) is 5.10 Å². The molecule has 0 radical (unpaired) electrons. The fourth-order valence-corrected chi connectivity index (χ4v) is 3.30. The van der Waals surface area contributed by atoms with Crippen LogP contribution >= 0.6 is 0 Å². The Morgan fingerprint density at radius 3 is 2.73 bits per heavy atom. The van der Waals surface area contributed by atoms with Gasteiger partial charge in [-0.3, -0.25) is 10.1 Å². The molecule has 0 bridgehead atoms. The first-order chi connectivity index (χ1) is 12.8. The van der Waals surface area contributed by atoms with E-state index in [9.17, 15) is 4.39 Å². The van der Waals surface area contributed by atoms with Crippen LogP contribution in [0.25, 0.3) is 17.0 Å². The molecule has 2 aromatic heterocycles.